The van der Waals surface area contributed by atoms with Gasteiger partial charge in [0.1, 0.15) is 5.37 Å². The van der Waals surface area contributed by atoms with Crippen molar-refractivity contribution in [3.05, 3.63) is 72.1 Å². The molecular formula is C22H23N3OS. The summed E-state index contributed by atoms with van der Waals surface area (Å²) in [7, 11) is 4.13. The van der Waals surface area contributed by atoms with Gasteiger partial charge in [0.25, 0.3) is 0 Å². The first-order valence-corrected chi connectivity index (χ1v) is 10.2. The lowest BCUT2D eigenvalue weighted by Crippen LogP contribution is -2.30. The van der Waals surface area contributed by atoms with Crippen molar-refractivity contribution >= 4 is 34.1 Å². The van der Waals surface area contributed by atoms with E-state index in [2.05, 4.69) is 60.4 Å². The summed E-state index contributed by atoms with van der Waals surface area (Å²) in [4.78, 5) is 21.1. The number of aromatic nitrogens is 1. The van der Waals surface area contributed by atoms with Crippen LogP contribution in [0.3, 0.4) is 0 Å². The van der Waals surface area contributed by atoms with Crippen molar-refractivity contribution in [2.24, 2.45) is 0 Å². The maximum atomic E-state index is 12.6. The van der Waals surface area contributed by atoms with Gasteiger partial charge in [0.15, 0.2) is 0 Å². The zero-order chi connectivity index (χ0) is 18.8. The molecule has 1 amide bonds. The molecule has 0 bridgehead atoms. The topological polar surface area (TPSA) is 36.4 Å². The number of carbonyl (C=O) groups excluding carboxylic acids is 1. The molecule has 4 nitrogen and oxygen atoms in total. The number of thioether (sulfide) groups is 1. The number of amides is 1. The van der Waals surface area contributed by atoms with Gasteiger partial charge in [-0.3, -0.25) is 9.78 Å². The average molecular weight is 378 g/mol. The van der Waals surface area contributed by atoms with E-state index in [0.717, 1.165) is 12.1 Å². The number of fused-ring (bicyclic) bond motifs is 1. The molecule has 2 heterocycles. The van der Waals surface area contributed by atoms with Crippen LogP contribution in [0.2, 0.25) is 0 Å². The first-order valence-electron chi connectivity index (χ1n) is 9.15. The summed E-state index contributed by atoms with van der Waals surface area (Å²) >= 11 is 1.72. The Kier molecular flexibility index (Phi) is 5.03. The van der Waals surface area contributed by atoms with Crippen molar-refractivity contribution in [3.63, 3.8) is 0 Å². The quantitative estimate of drug-likeness (QED) is 0.670. The molecule has 3 aromatic rings. The van der Waals surface area contributed by atoms with Gasteiger partial charge in [-0.1, -0.05) is 36.4 Å². The van der Waals surface area contributed by atoms with Crippen molar-refractivity contribution in [2.45, 2.75) is 11.8 Å². The lowest BCUT2D eigenvalue weighted by Gasteiger charge is -2.26. The van der Waals surface area contributed by atoms with Crippen LogP contribution >= 0.6 is 11.8 Å². The summed E-state index contributed by atoms with van der Waals surface area (Å²) in [6.07, 6.45) is 2.58. The maximum absolute atomic E-state index is 12.6. The zero-order valence-corrected chi connectivity index (χ0v) is 16.4. The van der Waals surface area contributed by atoms with E-state index >= 15 is 0 Å². The van der Waals surface area contributed by atoms with Crippen LogP contribution in [0, 0.1) is 0 Å². The minimum absolute atomic E-state index is 0.0577. The van der Waals surface area contributed by atoms with E-state index in [0.29, 0.717) is 12.3 Å². The summed E-state index contributed by atoms with van der Waals surface area (Å²) in [5.74, 6) is 0.748. The molecule has 4 rings (SSSR count). The Morgan fingerprint density at radius 2 is 1.85 bits per heavy atom. The fourth-order valence-electron chi connectivity index (χ4n) is 3.65. The number of nitrogens with zero attached hydrogens (tertiary/aromatic N) is 3. The van der Waals surface area contributed by atoms with Crippen molar-refractivity contribution in [2.75, 3.05) is 31.3 Å². The van der Waals surface area contributed by atoms with Gasteiger partial charge in [0.2, 0.25) is 5.91 Å². The van der Waals surface area contributed by atoms with Crippen LogP contribution in [0.1, 0.15) is 16.6 Å². The minimum Gasteiger partial charge on any atom is -0.377 e. The van der Waals surface area contributed by atoms with Crippen LogP contribution in [0.15, 0.2) is 60.8 Å². The number of benzene rings is 2. The largest absolute Gasteiger partial charge is 0.377 e. The Balaban J connectivity index is 1.67. The Morgan fingerprint density at radius 3 is 2.59 bits per heavy atom. The van der Waals surface area contributed by atoms with Crippen LogP contribution in [0.4, 0.5) is 5.69 Å². The van der Waals surface area contributed by atoms with Crippen molar-refractivity contribution < 1.29 is 4.79 Å². The van der Waals surface area contributed by atoms with Gasteiger partial charge in [0.05, 0.1) is 5.75 Å². The molecule has 1 aromatic heterocycles. The third-order valence-electron chi connectivity index (χ3n) is 4.99. The molecule has 138 valence electrons. The van der Waals surface area contributed by atoms with Gasteiger partial charge in [-0.05, 0) is 29.1 Å². The zero-order valence-electron chi connectivity index (χ0n) is 15.6. The van der Waals surface area contributed by atoms with Crippen molar-refractivity contribution in [1.82, 2.24) is 9.88 Å². The highest BCUT2D eigenvalue weighted by atomic mass is 32.2. The van der Waals surface area contributed by atoms with Gasteiger partial charge in [-0.15, -0.1) is 11.8 Å². The van der Waals surface area contributed by atoms with Gasteiger partial charge < -0.3 is 9.80 Å². The molecule has 1 unspecified atom stereocenters. The van der Waals surface area contributed by atoms with E-state index in [-0.39, 0.29) is 11.3 Å². The molecule has 1 aliphatic heterocycles. The predicted octanol–water partition coefficient (Wildman–Crippen LogP) is 4.12. The van der Waals surface area contributed by atoms with Crippen LogP contribution in [-0.2, 0) is 11.2 Å². The van der Waals surface area contributed by atoms with E-state index in [1.807, 2.05) is 23.1 Å². The number of pyridine rings is 1. The van der Waals surface area contributed by atoms with Crippen LogP contribution in [-0.4, -0.2) is 42.2 Å². The third kappa shape index (κ3) is 3.52. The van der Waals surface area contributed by atoms with Gasteiger partial charge >= 0.3 is 0 Å². The molecule has 0 aliphatic carbocycles. The highest BCUT2D eigenvalue weighted by Gasteiger charge is 2.33. The average Bonchev–Trinajstić information content (AvgIpc) is 3.06. The maximum Gasteiger partial charge on any atom is 0.233 e. The summed E-state index contributed by atoms with van der Waals surface area (Å²) in [5.41, 5.74) is 3.44. The first kappa shape index (κ1) is 17.9. The molecule has 0 saturated carbocycles. The molecule has 2 aromatic carbocycles. The SMILES string of the molecule is CN(C)c1ccc(C2SCC(=O)N2CCc2ccccn2)c2ccccc12. The molecular weight excluding hydrogens is 354 g/mol. The number of anilines is 1. The summed E-state index contributed by atoms with van der Waals surface area (Å²) in [6.45, 7) is 0.692. The highest BCUT2D eigenvalue weighted by Crippen LogP contribution is 2.43. The fraction of sp³-hybridized carbons (Fsp3) is 0.273. The molecule has 5 heteroatoms. The molecule has 1 saturated heterocycles. The number of hydrogen-bond acceptors (Lipinski definition) is 4. The second-order valence-electron chi connectivity index (χ2n) is 6.94. The number of rotatable bonds is 5. The Morgan fingerprint density at radius 1 is 1.07 bits per heavy atom. The monoisotopic (exact) mass is 377 g/mol. The van der Waals surface area contributed by atoms with Crippen LogP contribution in [0.5, 0.6) is 0 Å². The summed E-state index contributed by atoms with van der Waals surface area (Å²) in [5, 5.41) is 2.51. The molecule has 0 N–H and O–H groups in total. The summed E-state index contributed by atoms with van der Waals surface area (Å²) in [6, 6.07) is 18.8. The minimum atomic E-state index is 0.0577. The van der Waals surface area contributed by atoms with Crippen molar-refractivity contribution in [3.8, 4) is 0 Å². The number of hydrogen-bond donors (Lipinski definition) is 0. The van der Waals surface area contributed by atoms with E-state index in [4.69, 9.17) is 0 Å². The smallest absolute Gasteiger partial charge is 0.233 e. The molecule has 1 fully saturated rings. The Labute approximate surface area is 164 Å². The summed E-state index contributed by atoms with van der Waals surface area (Å²) < 4.78 is 0. The molecule has 0 radical (unpaired) electrons. The molecule has 1 atom stereocenters. The highest BCUT2D eigenvalue weighted by molar-refractivity contribution is 8.00. The first-order chi connectivity index (χ1) is 13.1. The van der Waals surface area contributed by atoms with E-state index < -0.39 is 0 Å². The Bertz CT molecular complexity index is 958. The Hall–Kier alpha value is -2.53. The molecule has 27 heavy (non-hydrogen) atoms. The fourth-order valence-corrected chi connectivity index (χ4v) is 4.90. The second kappa shape index (κ2) is 7.61. The van der Waals surface area contributed by atoms with Crippen LogP contribution < -0.4 is 4.90 Å². The van der Waals surface area contributed by atoms with E-state index in [1.165, 1.54) is 22.0 Å². The van der Waals surface area contributed by atoms with Gasteiger partial charge in [-0.2, -0.15) is 0 Å². The molecule has 1 aliphatic rings. The van der Waals surface area contributed by atoms with E-state index in [1.54, 1.807) is 18.0 Å². The molecule has 0 spiro atoms. The third-order valence-corrected chi connectivity index (χ3v) is 6.22. The van der Waals surface area contributed by atoms with Gasteiger partial charge in [0, 0.05) is 50.0 Å². The van der Waals surface area contributed by atoms with Crippen molar-refractivity contribution in [1.29, 1.82) is 0 Å². The predicted molar refractivity (Wildman–Crippen MR) is 113 cm³/mol. The van der Waals surface area contributed by atoms with Crippen LogP contribution in [0.25, 0.3) is 10.8 Å². The lowest BCUT2D eigenvalue weighted by molar-refractivity contribution is -0.128. The second-order valence-corrected chi connectivity index (χ2v) is 8.00. The standard InChI is InChI=1S/C22H23N3OS/c1-24(2)20-11-10-19(17-8-3-4-9-18(17)20)22-25(21(26)15-27-22)14-12-16-7-5-6-13-23-16/h3-11,13,22H,12,14-15H2,1-2H3. The number of carbonyl (C=O) groups is 1. The van der Waals surface area contributed by atoms with Gasteiger partial charge in [-0.25, -0.2) is 0 Å². The van der Waals surface area contributed by atoms with E-state index in [9.17, 15) is 4.79 Å². The normalized spacial score (nSPS) is 16.9. The lowest BCUT2D eigenvalue weighted by atomic mass is 10.0.